The van der Waals surface area contributed by atoms with E-state index in [9.17, 15) is 23.4 Å². The van der Waals surface area contributed by atoms with Crippen LogP contribution in [0.2, 0.25) is 0 Å². The number of hydrogen-bond donors (Lipinski definition) is 2. The predicted molar refractivity (Wildman–Crippen MR) is 132 cm³/mol. The largest absolute Gasteiger partial charge is 0.394 e. The van der Waals surface area contributed by atoms with E-state index >= 15 is 0 Å². The summed E-state index contributed by atoms with van der Waals surface area (Å²) in [4.78, 5) is 8.73. The Bertz CT molecular complexity index is 1660. The molecule has 40 heavy (non-hydrogen) atoms. The molecule has 6 rings (SSSR count). The van der Waals surface area contributed by atoms with Crippen LogP contribution in [0, 0.1) is 17.5 Å². The number of aryl methyl sites for hydroxylation is 1. The molecule has 0 spiro atoms. The summed E-state index contributed by atoms with van der Waals surface area (Å²) in [6, 6.07) is 6.14. The second kappa shape index (κ2) is 10.1. The molecule has 1 aliphatic heterocycles. The van der Waals surface area contributed by atoms with Crippen molar-refractivity contribution in [2.45, 2.75) is 30.5 Å². The molecule has 0 aliphatic carbocycles. The molecule has 1 aliphatic rings. The van der Waals surface area contributed by atoms with Crippen molar-refractivity contribution in [1.29, 1.82) is 0 Å². The van der Waals surface area contributed by atoms with Gasteiger partial charge in [-0.05, 0) is 30.3 Å². The van der Waals surface area contributed by atoms with Crippen LogP contribution < -0.4 is 0 Å². The van der Waals surface area contributed by atoms with Crippen molar-refractivity contribution in [2.75, 3.05) is 13.7 Å². The van der Waals surface area contributed by atoms with Crippen molar-refractivity contribution < 1.29 is 32.9 Å². The Balaban J connectivity index is 1.39. The average Bonchev–Trinajstić information content (AvgIpc) is 3.71. The van der Waals surface area contributed by atoms with E-state index in [1.54, 1.807) is 11.0 Å². The zero-order chi connectivity index (χ0) is 28.1. The summed E-state index contributed by atoms with van der Waals surface area (Å²) in [5, 5.41) is 33.6. The zero-order valence-electron chi connectivity index (χ0n) is 21.1. The first-order chi connectivity index (χ1) is 19.3. The highest BCUT2D eigenvalue weighted by molar-refractivity contribution is 5.77. The molecule has 208 valence electrons. The molecule has 0 radical (unpaired) electrons. The van der Waals surface area contributed by atoms with E-state index in [4.69, 9.17) is 9.47 Å². The van der Waals surface area contributed by atoms with Gasteiger partial charge in [0, 0.05) is 19.7 Å². The lowest BCUT2D eigenvalue weighted by molar-refractivity contribution is -0.217. The van der Waals surface area contributed by atoms with Gasteiger partial charge < -0.3 is 24.3 Å². The van der Waals surface area contributed by atoms with Crippen LogP contribution in [-0.2, 0) is 16.5 Å². The maximum absolute atomic E-state index is 13.8. The van der Waals surface area contributed by atoms with Gasteiger partial charge in [0.05, 0.1) is 35.9 Å². The number of nitrogens with zero attached hydrogens (tertiary/aromatic N) is 8. The Morgan fingerprint density at radius 1 is 1.10 bits per heavy atom. The highest BCUT2D eigenvalue weighted by Crippen LogP contribution is 2.40. The first kappa shape index (κ1) is 26.1. The number of benzene rings is 2. The van der Waals surface area contributed by atoms with Crippen molar-refractivity contribution in [1.82, 2.24) is 39.3 Å². The third-order valence-corrected chi connectivity index (χ3v) is 7.02. The molecule has 2 aromatic carbocycles. The topological polar surface area (TPSA) is 138 Å². The maximum Gasteiger partial charge on any atom is 0.194 e. The second-order valence-corrected chi connectivity index (χ2v) is 9.36. The van der Waals surface area contributed by atoms with Crippen LogP contribution in [0.4, 0.5) is 13.2 Å². The minimum Gasteiger partial charge on any atom is -0.394 e. The maximum atomic E-state index is 13.8. The number of imidazole rings is 1. The number of ether oxygens (including phenoxy) is 2. The fraction of sp³-hybridized carbons (Fsp3) is 0.320. The molecular weight excluding hydrogens is 533 g/mol. The summed E-state index contributed by atoms with van der Waals surface area (Å²) in [6.45, 7) is -0.546. The molecule has 0 amide bonds. The van der Waals surface area contributed by atoms with Gasteiger partial charge in [-0.15, -0.1) is 5.10 Å². The van der Waals surface area contributed by atoms with Gasteiger partial charge in [0.25, 0.3) is 0 Å². The molecule has 12 nitrogen and oxygen atoms in total. The smallest absolute Gasteiger partial charge is 0.194 e. The van der Waals surface area contributed by atoms with E-state index < -0.39 is 54.5 Å². The van der Waals surface area contributed by atoms with E-state index in [2.05, 4.69) is 25.4 Å². The van der Waals surface area contributed by atoms with Gasteiger partial charge in [0.15, 0.2) is 23.3 Å². The van der Waals surface area contributed by atoms with Crippen LogP contribution in [0.15, 0.2) is 49.2 Å². The van der Waals surface area contributed by atoms with Crippen molar-refractivity contribution in [3.05, 3.63) is 72.5 Å². The monoisotopic (exact) mass is 556 g/mol. The molecule has 0 bridgehead atoms. The number of halogens is 3. The molecule has 1 fully saturated rings. The Morgan fingerprint density at radius 3 is 2.60 bits per heavy atom. The molecular formula is C25H23F3N8O4. The van der Waals surface area contributed by atoms with E-state index in [1.807, 2.05) is 29.8 Å². The number of methoxy groups -OCH3 is 1. The summed E-state index contributed by atoms with van der Waals surface area (Å²) in [7, 11) is 3.27. The highest BCUT2D eigenvalue weighted by Gasteiger charge is 2.49. The molecule has 4 heterocycles. The van der Waals surface area contributed by atoms with Crippen LogP contribution in [-0.4, -0.2) is 81.6 Å². The second-order valence-electron chi connectivity index (χ2n) is 9.36. The van der Waals surface area contributed by atoms with Crippen LogP contribution in [0.3, 0.4) is 0 Å². The lowest BCUT2D eigenvalue weighted by Gasteiger charge is -2.43. The summed E-state index contributed by atoms with van der Waals surface area (Å²) in [5.74, 6) is -4.04. The van der Waals surface area contributed by atoms with E-state index in [1.165, 1.54) is 24.3 Å². The van der Waals surface area contributed by atoms with Crippen molar-refractivity contribution in [2.24, 2.45) is 7.05 Å². The van der Waals surface area contributed by atoms with Gasteiger partial charge in [-0.1, -0.05) is 5.21 Å². The molecule has 0 unspecified atom stereocenters. The SMILES string of the molecule is CO[C@@H]1[C@@H](n2cc(-c3cc(F)c(F)c(F)c3)nn2)[C@@H](O)[C@@H](CO)O[C@H]1c1ncnn1-c1ccc2ncn(C)c2c1. The van der Waals surface area contributed by atoms with Gasteiger partial charge in [-0.3, -0.25) is 0 Å². The fourth-order valence-corrected chi connectivity index (χ4v) is 5.02. The first-order valence-corrected chi connectivity index (χ1v) is 12.2. The van der Waals surface area contributed by atoms with Gasteiger partial charge in [-0.2, -0.15) is 5.10 Å². The minimum absolute atomic E-state index is 0.0242. The highest BCUT2D eigenvalue weighted by atomic mass is 19.2. The zero-order valence-corrected chi connectivity index (χ0v) is 21.1. The van der Waals surface area contributed by atoms with Crippen LogP contribution >= 0.6 is 0 Å². The Labute approximate surface area is 224 Å². The van der Waals surface area contributed by atoms with Crippen molar-refractivity contribution in [3.8, 4) is 16.9 Å². The Kier molecular flexibility index (Phi) is 6.58. The normalized spacial score (nSPS) is 23.2. The molecule has 5 aromatic rings. The van der Waals surface area contributed by atoms with Crippen molar-refractivity contribution in [3.63, 3.8) is 0 Å². The molecule has 15 heteroatoms. The third-order valence-electron chi connectivity index (χ3n) is 7.02. The lowest BCUT2D eigenvalue weighted by Crippen LogP contribution is -2.53. The number of aliphatic hydroxyl groups excluding tert-OH is 2. The predicted octanol–water partition coefficient (Wildman–Crippen LogP) is 1.88. The Hall–Kier alpha value is -4.18. The standard InChI is InChI=1S/C25H23F3N8O4/c1-34-11-30-16-4-3-13(7-18(16)34)36-25(29-10-31-36)24-23(39-2)21(22(38)19(9-37)40-24)35-8-17(32-33-35)12-5-14(26)20(28)15(27)6-12/h3-8,10-11,19,21-24,37-38H,9H2,1-2H3/t19-,21+,22+,23-,24-/m1/s1. The minimum atomic E-state index is -1.60. The van der Waals surface area contributed by atoms with Gasteiger partial charge in [-0.25, -0.2) is 32.5 Å². The van der Waals surface area contributed by atoms with Gasteiger partial charge >= 0.3 is 0 Å². The number of fused-ring (bicyclic) bond motifs is 1. The summed E-state index contributed by atoms with van der Waals surface area (Å²) >= 11 is 0. The first-order valence-electron chi connectivity index (χ1n) is 12.2. The average molecular weight is 557 g/mol. The molecule has 5 atom stereocenters. The summed E-state index contributed by atoms with van der Waals surface area (Å²) in [5.41, 5.74) is 2.28. The number of aliphatic hydroxyl groups is 2. The quantitative estimate of drug-likeness (QED) is 0.300. The van der Waals surface area contributed by atoms with E-state index in [0.717, 1.165) is 23.2 Å². The molecule has 2 N–H and O–H groups in total. The summed E-state index contributed by atoms with van der Waals surface area (Å²) in [6.07, 6.45) is 0.0816. The number of rotatable bonds is 6. The molecule has 0 saturated carbocycles. The number of aromatic nitrogens is 8. The molecule has 3 aromatic heterocycles. The summed E-state index contributed by atoms with van der Waals surface area (Å²) < 4.78 is 57.7. The Morgan fingerprint density at radius 2 is 1.88 bits per heavy atom. The molecule has 1 saturated heterocycles. The van der Waals surface area contributed by atoms with Crippen molar-refractivity contribution >= 4 is 11.0 Å². The van der Waals surface area contributed by atoms with Crippen LogP contribution in [0.1, 0.15) is 18.0 Å². The van der Waals surface area contributed by atoms with E-state index in [-0.39, 0.29) is 11.3 Å². The lowest BCUT2D eigenvalue weighted by atomic mass is 9.92. The number of hydrogen-bond acceptors (Lipinski definition) is 9. The third kappa shape index (κ3) is 4.23. The van der Waals surface area contributed by atoms with Gasteiger partial charge in [0.2, 0.25) is 0 Å². The van der Waals surface area contributed by atoms with Crippen LogP contribution in [0.25, 0.3) is 28.0 Å². The van der Waals surface area contributed by atoms with E-state index in [0.29, 0.717) is 11.5 Å². The van der Waals surface area contributed by atoms with Gasteiger partial charge in [0.1, 0.15) is 42.5 Å². The van der Waals surface area contributed by atoms with Crippen LogP contribution in [0.5, 0.6) is 0 Å². The fourth-order valence-electron chi connectivity index (χ4n) is 5.02.